The van der Waals surface area contributed by atoms with Crippen LogP contribution in [0.2, 0.25) is 0 Å². The fraction of sp³-hybridized carbons (Fsp3) is 0.160. The summed E-state index contributed by atoms with van der Waals surface area (Å²) in [4.78, 5) is 28.9. The summed E-state index contributed by atoms with van der Waals surface area (Å²) < 4.78 is 61.5. The standard InChI is InChI=1S/C25H18F4N6O3/c1-12-21(33-24(37)19-9-17(23(31)36)16-6-5-15(26)8-18(16)32-19)22(25(27,28)29)34-35(12)11-13-3-4-14(10-30)20(7-13)38-2/h3-9H,11H2,1-2H3,(H2,31,36)(H,33,37). The molecule has 0 aliphatic rings. The van der Waals surface area contributed by atoms with Crippen LogP contribution >= 0.6 is 0 Å². The molecule has 2 aromatic heterocycles. The molecular weight excluding hydrogens is 508 g/mol. The van der Waals surface area contributed by atoms with Crippen LogP contribution in [-0.2, 0) is 12.7 Å². The van der Waals surface area contributed by atoms with E-state index in [0.29, 0.717) is 5.56 Å². The van der Waals surface area contributed by atoms with Crippen molar-refractivity contribution in [1.82, 2.24) is 14.8 Å². The number of carbonyl (C=O) groups excluding carboxylic acids is 2. The van der Waals surface area contributed by atoms with Gasteiger partial charge in [-0.2, -0.15) is 23.5 Å². The molecule has 0 saturated carbocycles. The number of primary amides is 1. The Labute approximate surface area is 212 Å². The number of pyridine rings is 1. The number of hydrogen-bond donors (Lipinski definition) is 2. The number of nitriles is 1. The molecule has 9 nitrogen and oxygen atoms in total. The van der Waals surface area contributed by atoms with Gasteiger partial charge in [0.25, 0.3) is 5.91 Å². The van der Waals surface area contributed by atoms with Gasteiger partial charge in [0, 0.05) is 11.5 Å². The summed E-state index contributed by atoms with van der Waals surface area (Å²) in [5.41, 5.74) is 3.42. The molecule has 0 unspecified atom stereocenters. The number of nitrogens with two attached hydrogens (primary N) is 1. The Morgan fingerprint density at radius 1 is 1.18 bits per heavy atom. The third-order valence-corrected chi connectivity index (χ3v) is 5.70. The number of amides is 2. The number of fused-ring (bicyclic) bond motifs is 1. The number of carbonyl (C=O) groups is 2. The van der Waals surface area contributed by atoms with Gasteiger partial charge in [-0.15, -0.1) is 0 Å². The topological polar surface area (TPSA) is 136 Å². The molecule has 0 bridgehead atoms. The average Bonchev–Trinajstić information content (AvgIpc) is 3.17. The Balaban J connectivity index is 1.74. The lowest BCUT2D eigenvalue weighted by Crippen LogP contribution is -2.19. The molecule has 0 aliphatic heterocycles. The number of benzene rings is 2. The molecule has 4 aromatic rings. The van der Waals surface area contributed by atoms with E-state index in [4.69, 9.17) is 15.7 Å². The minimum Gasteiger partial charge on any atom is -0.495 e. The second kappa shape index (κ2) is 9.81. The largest absolute Gasteiger partial charge is 0.495 e. The molecule has 3 N–H and O–H groups in total. The Hall–Kier alpha value is -4.99. The summed E-state index contributed by atoms with van der Waals surface area (Å²) in [6.45, 7) is 1.20. The Bertz CT molecular complexity index is 1640. The molecule has 194 valence electrons. The highest BCUT2D eigenvalue weighted by atomic mass is 19.4. The molecule has 0 fully saturated rings. The van der Waals surface area contributed by atoms with Crippen LogP contribution in [0.25, 0.3) is 10.9 Å². The van der Waals surface area contributed by atoms with Crippen molar-refractivity contribution in [2.75, 3.05) is 12.4 Å². The smallest absolute Gasteiger partial charge is 0.437 e. The SMILES string of the molecule is COc1cc(Cn2nc(C(F)(F)F)c(NC(=O)c3cc(C(N)=O)c4ccc(F)cc4n3)c2C)ccc1C#N. The van der Waals surface area contributed by atoms with Crippen LogP contribution in [0.3, 0.4) is 0 Å². The van der Waals surface area contributed by atoms with Gasteiger partial charge in [-0.25, -0.2) is 9.37 Å². The maximum absolute atomic E-state index is 13.9. The van der Waals surface area contributed by atoms with Crippen molar-refractivity contribution in [2.45, 2.75) is 19.6 Å². The van der Waals surface area contributed by atoms with Gasteiger partial charge in [0.05, 0.1) is 41.7 Å². The van der Waals surface area contributed by atoms with Crippen molar-refractivity contribution >= 4 is 28.4 Å². The number of ether oxygens (including phenoxy) is 1. The van der Waals surface area contributed by atoms with Crippen molar-refractivity contribution in [3.8, 4) is 11.8 Å². The average molecular weight is 526 g/mol. The van der Waals surface area contributed by atoms with Gasteiger partial charge in [-0.3, -0.25) is 14.3 Å². The quantitative estimate of drug-likeness (QED) is 0.362. The van der Waals surface area contributed by atoms with Gasteiger partial charge in [0.2, 0.25) is 5.91 Å². The van der Waals surface area contributed by atoms with Crippen LogP contribution in [0.15, 0.2) is 42.5 Å². The summed E-state index contributed by atoms with van der Waals surface area (Å²) >= 11 is 0. The van der Waals surface area contributed by atoms with Crippen LogP contribution < -0.4 is 15.8 Å². The van der Waals surface area contributed by atoms with E-state index >= 15 is 0 Å². The number of nitrogens with one attached hydrogen (secondary N) is 1. The molecule has 4 rings (SSSR count). The maximum atomic E-state index is 13.9. The molecule has 0 spiro atoms. The molecule has 13 heteroatoms. The van der Waals surface area contributed by atoms with Crippen molar-refractivity contribution in [2.24, 2.45) is 5.73 Å². The van der Waals surface area contributed by atoms with E-state index in [1.165, 1.54) is 38.3 Å². The summed E-state index contributed by atoms with van der Waals surface area (Å²) in [5, 5.41) is 15.1. The third-order valence-electron chi connectivity index (χ3n) is 5.70. The molecule has 2 amide bonds. The molecule has 2 aromatic carbocycles. The van der Waals surface area contributed by atoms with Crippen LogP contribution in [0.5, 0.6) is 5.75 Å². The summed E-state index contributed by atoms with van der Waals surface area (Å²) in [7, 11) is 1.35. The molecule has 0 radical (unpaired) electrons. The number of anilines is 1. The first-order valence-corrected chi connectivity index (χ1v) is 10.9. The summed E-state index contributed by atoms with van der Waals surface area (Å²) in [6, 6.07) is 10.8. The van der Waals surface area contributed by atoms with Crippen LogP contribution in [0.4, 0.5) is 23.2 Å². The zero-order chi connectivity index (χ0) is 27.8. The van der Waals surface area contributed by atoms with Crippen molar-refractivity contribution in [3.63, 3.8) is 0 Å². The lowest BCUT2D eigenvalue weighted by atomic mass is 10.1. The third kappa shape index (κ3) is 4.96. The maximum Gasteiger partial charge on any atom is 0.437 e. The second-order valence-corrected chi connectivity index (χ2v) is 8.15. The van der Waals surface area contributed by atoms with Gasteiger partial charge >= 0.3 is 6.18 Å². The molecule has 0 aliphatic carbocycles. The first-order valence-electron chi connectivity index (χ1n) is 10.9. The van der Waals surface area contributed by atoms with Crippen molar-refractivity contribution in [1.29, 1.82) is 5.26 Å². The van der Waals surface area contributed by atoms with E-state index in [2.05, 4.69) is 15.4 Å². The highest BCUT2D eigenvalue weighted by molar-refractivity contribution is 6.10. The first kappa shape index (κ1) is 26.1. The second-order valence-electron chi connectivity index (χ2n) is 8.15. The number of aromatic nitrogens is 3. The molecule has 0 atom stereocenters. The molecule has 2 heterocycles. The Morgan fingerprint density at radius 2 is 1.92 bits per heavy atom. The predicted octanol–water partition coefficient (Wildman–Crippen LogP) is 4.18. The van der Waals surface area contributed by atoms with E-state index in [1.807, 2.05) is 6.07 Å². The number of rotatable bonds is 6. The minimum absolute atomic E-state index is 0.0315. The van der Waals surface area contributed by atoms with Crippen LogP contribution in [0.1, 0.15) is 43.4 Å². The number of alkyl halides is 3. The van der Waals surface area contributed by atoms with E-state index in [-0.39, 0.29) is 40.0 Å². The first-order chi connectivity index (χ1) is 17.9. The number of methoxy groups -OCH3 is 1. The lowest BCUT2D eigenvalue weighted by Gasteiger charge is -2.11. The fourth-order valence-electron chi connectivity index (χ4n) is 3.85. The van der Waals surface area contributed by atoms with E-state index in [0.717, 1.165) is 22.9 Å². The van der Waals surface area contributed by atoms with Gasteiger partial charge < -0.3 is 15.8 Å². The predicted molar refractivity (Wildman–Crippen MR) is 127 cm³/mol. The summed E-state index contributed by atoms with van der Waals surface area (Å²) in [6.07, 6.45) is -4.93. The summed E-state index contributed by atoms with van der Waals surface area (Å²) in [5.74, 6) is -2.49. The molecule has 38 heavy (non-hydrogen) atoms. The minimum atomic E-state index is -4.93. The van der Waals surface area contributed by atoms with Gasteiger partial charge in [-0.1, -0.05) is 6.07 Å². The Kier molecular flexibility index (Phi) is 6.74. The zero-order valence-corrected chi connectivity index (χ0v) is 19.9. The van der Waals surface area contributed by atoms with E-state index < -0.39 is 40.9 Å². The number of halogens is 4. The lowest BCUT2D eigenvalue weighted by molar-refractivity contribution is -0.140. The highest BCUT2D eigenvalue weighted by Gasteiger charge is 2.39. The van der Waals surface area contributed by atoms with Gasteiger partial charge in [0.1, 0.15) is 23.3 Å². The fourth-order valence-corrected chi connectivity index (χ4v) is 3.85. The van der Waals surface area contributed by atoms with Crippen LogP contribution in [-0.4, -0.2) is 33.7 Å². The van der Waals surface area contributed by atoms with Gasteiger partial charge in [-0.05, 0) is 42.8 Å². The highest BCUT2D eigenvalue weighted by Crippen LogP contribution is 2.36. The van der Waals surface area contributed by atoms with Crippen LogP contribution in [0, 0.1) is 24.1 Å². The molecule has 0 saturated heterocycles. The van der Waals surface area contributed by atoms with E-state index in [9.17, 15) is 27.2 Å². The number of nitrogens with zero attached hydrogens (tertiary/aromatic N) is 4. The normalized spacial score (nSPS) is 11.3. The molecular formula is C25H18F4N6O3. The van der Waals surface area contributed by atoms with Gasteiger partial charge in [0.15, 0.2) is 5.69 Å². The zero-order valence-electron chi connectivity index (χ0n) is 19.9. The van der Waals surface area contributed by atoms with E-state index in [1.54, 1.807) is 0 Å². The monoisotopic (exact) mass is 526 g/mol. The van der Waals surface area contributed by atoms with Crippen molar-refractivity contribution in [3.05, 3.63) is 82.1 Å². The number of hydrogen-bond acceptors (Lipinski definition) is 6. The Morgan fingerprint density at radius 3 is 2.55 bits per heavy atom. The van der Waals surface area contributed by atoms with Crippen molar-refractivity contribution < 1.29 is 31.9 Å².